The van der Waals surface area contributed by atoms with Gasteiger partial charge in [0, 0.05) is 6.42 Å². The van der Waals surface area contributed by atoms with E-state index in [1.54, 1.807) is 6.08 Å². The van der Waals surface area contributed by atoms with Gasteiger partial charge in [-0.15, -0.1) is 0 Å². The van der Waals surface area contributed by atoms with Gasteiger partial charge in [0.05, 0.1) is 18.3 Å². The Morgan fingerprint density at radius 2 is 1.65 bits per heavy atom. The van der Waals surface area contributed by atoms with Crippen LogP contribution in [-0.4, -0.2) is 84.9 Å². The summed E-state index contributed by atoms with van der Waals surface area (Å²) in [7, 11) is -9.67. The lowest BCUT2D eigenvalue weighted by atomic mass is 9.48. The van der Waals surface area contributed by atoms with Crippen LogP contribution in [0.15, 0.2) is 34.4 Å². The molecule has 0 bridgehead atoms. The third-order valence-electron chi connectivity index (χ3n) is 11.7. The van der Waals surface area contributed by atoms with E-state index in [4.69, 9.17) is 13.7 Å². The Morgan fingerprint density at radius 3 is 2.27 bits per heavy atom. The number of allylic oxidation sites excluding steroid dienone is 6. The predicted molar refractivity (Wildman–Crippen MR) is 173 cm³/mol. The SMILES string of the molecule is CC(C)=CC(=O)C/C(C)=C1\CCC2C3C[C@H](O[C@@H]4O[C@H](C)[C@@H](OS(=O)(=O)O)[C@H](O)[C@H]4O)[C@H]4C[C@@H](OS(=O)(=O)O)CC[C@]4(C)C3=CC[C@]12C. The molecule has 0 spiro atoms. The molecule has 0 amide bonds. The van der Waals surface area contributed by atoms with Crippen LogP contribution >= 0.6 is 0 Å². The van der Waals surface area contributed by atoms with Gasteiger partial charge in [-0.3, -0.25) is 13.9 Å². The first-order valence-electron chi connectivity index (χ1n) is 16.7. The Labute approximate surface area is 283 Å². The van der Waals surface area contributed by atoms with Crippen LogP contribution in [0.5, 0.6) is 0 Å². The third kappa shape index (κ3) is 7.55. The molecule has 5 aliphatic rings. The van der Waals surface area contributed by atoms with Crippen molar-refractivity contribution in [3.63, 3.8) is 0 Å². The fourth-order valence-corrected chi connectivity index (χ4v) is 10.8. The maximum atomic E-state index is 12.7. The van der Waals surface area contributed by atoms with E-state index in [2.05, 4.69) is 24.1 Å². The van der Waals surface area contributed by atoms with Crippen molar-refractivity contribution < 1.29 is 58.8 Å². The molecule has 0 aromatic rings. The monoisotopic (exact) mass is 718 g/mol. The molecule has 2 unspecified atom stereocenters. The highest BCUT2D eigenvalue weighted by Gasteiger charge is 2.60. The summed E-state index contributed by atoms with van der Waals surface area (Å²) >= 11 is 0. The molecule has 4 N–H and O–H groups in total. The Kier molecular flexibility index (Phi) is 10.6. The summed E-state index contributed by atoms with van der Waals surface area (Å²) in [6.45, 7) is 11.7. The van der Waals surface area contributed by atoms with E-state index in [0.29, 0.717) is 25.7 Å². The first-order chi connectivity index (χ1) is 22.1. The summed E-state index contributed by atoms with van der Waals surface area (Å²) in [5.41, 5.74) is 4.00. The number of hydrogen-bond acceptors (Lipinski definition) is 11. The Bertz CT molecular complexity index is 1580. The molecule has 15 heteroatoms. The van der Waals surface area contributed by atoms with E-state index in [-0.39, 0.29) is 35.4 Å². The third-order valence-corrected chi connectivity index (χ3v) is 12.7. The van der Waals surface area contributed by atoms with Gasteiger partial charge in [0.2, 0.25) is 0 Å². The zero-order valence-corrected chi connectivity index (χ0v) is 30.0. The Hall–Kier alpha value is -1.53. The van der Waals surface area contributed by atoms with Gasteiger partial charge in [0.25, 0.3) is 0 Å². The van der Waals surface area contributed by atoms with Crippen LogP contribution in [-0.2, 0) is 43.4 Å². The van der Waals surface area contributed by atoms with Crippen LogP contribution in [0.4, 0.5) is 0 Å². The van der Waals surface area contributed by atoms with Crippen molar-refractivity contribution in [2.24, 2.45) is 28.6 Å². The topological polar surface area (TPSA) is 203 Å². The Balaban J connectivity index is 1.47. The van der Waals surface area contributed by atoms with Crippen LogP contribution in [0.3, 0.4) is 0 Å². The molecule has 1 saturated heterocycles. The number of carbonyl (C=O) groups excluding carboxylic acids is 1. The minimum Gasteiger partial charge on any atom is -0.387 e. The zero-order chi connectivity index (χ0) is 35.6. The maximum absolute atomic E-state index is 12.7. The molecule has 1 heterocycles. The Morgan fingerprint density at radius 1 is 0.979 bits per heavy atom. The second-order valence-electron chi connectivity index (χ2n) is 15.2. The molecule has 0 aromatic heterocycles. The average molecular weight is 719 g/mol. The molecule has 0 aromatic carbocycles. The van der Waals surface area contributed by atoms with E-state index >= 15 is 0 Å². The zero-order valence-electron chi connectivity index (χ0n) is 28.4. The number of hydrogen-bond donors (Lipinski definition) is 4. The van der Waals surface area contributed by atoms with Gasteiger partial charge < -0.3 is 19.7 Å². The maximum Gasteiger partial charge on any atom is 0.397 e. The lowest BCUT2D eigenvalue weighted by molar-refractivity contribution is -0.312. The minimum absolute atomic E-state index is 0.0616. The van der Waals surface area contributed by atoms with Gasteiger partial charge in [-0.25, -0.2) is 8.37 Å². The number of fused-ring (bicyclic) bond motifs is 5. The number of ketones is 1. The van der Waals surface area contributed by atoms with Gasteiger partial charge in [0.15, 0.2) is 12.1 Å². The first kappa shape index (κ1) is 37.7. The largest absolute Gasteiger partial charge is 0.397 e. The summed E-state index contributed by atoms with van der Waals surface area (Å²) in [5.74, 6) is 0.0494. The normalized spacial score (nSPS) is 42.6. The van der Waals surface area contributed by atoms with Gasteiger partial charge >= 0.3 is 20.8 Å². The van der Waals surface area contributed by atoms with Crippen molar-refractivity contribution in [1.29, 1.82) is 0 Å². The van der Waals surface area contributed by atoms with Crippen molar-refractivity contribution in [3.05, 3.63) is 34.4 Å². The quantitative estimate of drug-likeness (QED) is 0.151. The van der Waals surface area contributed by atoms with Crippen molar-refractivity contribution in [2.45, 2.75) is 136 Å². The molecule has 4 aliphatic carbocycles. The van der Waals surface area contributed by atoms with Crippen LogP contribution in [0.1, 0.15) is 92.9 Å². The van der Waals surface area contributed by atoms with Crippen LogP contribution in [0.2, 0.25) is 0 Å². The molecule has 13 nitrogen and oxygen atoms in total. The summed E-state index contributed by atoms with van der Waals surface area (Å²) in [4.78, 5) is 12.7. The van der Waals surface area contributed by atoms with Gasteiger partial charge in [-0.2, -0.15) is 16.8 Å². The molecule has 5 rings (SSSR count). The second kappa shape index (κ2) is 13.5. The van der Waals surface area contributed by atoms with Crippen LogP contribution < -0.4 is 0 Å². The standard InChI is InChI=1S/C33H50O13S2/c1-17(2)13-20(34)14-18(3)23-7-8-24-22-16-27(44-31-29(36)28(35)30(19(4)43-31)46-48(40,41)42)26-15-21(45-47(37,38)39)9-11-33(26,6)25(22)10-12-32(23,24)5/h10,13,19,21-22,24,26-31,35-36H,7-9,11-12,14-16H2,1-6H3,(H,37,38,39)(H,40,41,42)/b23-18+/t19-,21+,22?,24?,26-,27+,28-,29-,30-,31+,32-,33-/m1/s1. The summed E-state index contributed by atoms with van der Waals surface area (Å²) in [6, 6.07) is 0. The molecule has 12 atom stereocenters. The van der Waals surface area contributed by atoms with E-state index < -0.39 is 69.1 Å². The van der Waals surface area contributed by atoms with Crippen molar-refractivity contribution >= 4 is 26.6 Å². The predicted octanol–water partition coefficient (Wildman–Crippen LogP) is 4.03. The summed E-state index contributed by atoms with van der Waals surface area (Å²) in [6.07, 6.45) is -0.374. The lowest BCUT2D eigenvalue weighted by Crippen LogP contribution is -2.61. The molecular weight excluding hydrogens is 668 g/mol. The molecule has 272 valence electrons. The summed E-state index contributed by atoms with van der Waals surface area (Å²) in [5, 5.41) is 21.8. The fraction of sp³-hybridized carbons (Fsp3) is 0.788. The second-order valence-corrected chi connectivity index (χ2v) is 17.3. The number of ether oxygens (including phenoxy) is 2. The van der Waals surface area contributed by atoms with Crippen molar-refractivity contribution in [3.8, 4) is 0 Å². The summed E-state index contributed by atoms with van der Waals surface area (Å²) < 4.78 is 86.8. The van der Waals surface area contributed by atoms with Gasteiger partial charge in [-0.1, -0.05) is 42.2 Å². The average Bonchev–Trinajstić information content (AvgIpc) is 3.30. The van der Waals surface area contributed by atoms with Gasteiger partial charge in [0.1, 0.15) is 18.3 Å². The number of carbonyl (C=O) groups is 1. The highest BCUT2D eigenvalue weighted by atomic mass is 32.3. The van der Waals surface area contributed by atoms with Crippen LogP contribution in [0.25, 0.3) is 0 Å². The van der Waals surface area contributed by atoms with Crippen molar-refractivity contribution in [1.82, 2.24) is 0 Å². The van der Waals surface area contributed by atoms with Crippen LogP contribution in [0, 0.1) is 28.6 Å². The van der Waals surface area contributed by atoms with E-state index in [1.807, 2.05) is 20.8 Å². The molecule has 0 radical (unpaired) electrons. The van der Waals surface area contributed by atoms with E-state index in [9.17, 15) is 40.9 Å². The molecule has 1 aliphatic heterocycles. The van der Waals surface area contributed by atoms with Gasteiger partial charge in [-0.05, 0) is 107 Å². The molecule has 3 saturated carbocycles. The molecule has 4 fully saturated rings. The fourth-order valence-electron chi connectivity index (χ4n) is 9.74. The molecule has 48 heavy (non-hydrogen) atoms. The highest BCUT2D eigenvalue weighted by Crippen LogP contribution is 2.66. The van der Waals surface area contributed by atoms with E-state index in [1.165, 1.54) is 18.1 Å². The number of aliphatic hydroxyl groups is 2. The number of aliphatic hydroxyl groups excluding tert-OH is 2. The van der Waals surface area contributed by atoms with Crippen molar-refractivity contribution in [2.75, 3.05) is 0 Å². The molecular formula is C33H50O13S2. The minimum atomic E-state index is -4.96. The highest BCUT2D eigenvalue weighted by molar-refractivity contribution is 7.81. The number of rotatable bonds is 9. The lowest BCUT2D eigenvalue weighted by Gasteiger charge is -2.59. The van der Waals surface area contributed by atoms with E-state index in [0.717, 1.165) is 30.4 Å². The smallest absolute Gasteiger partial charge is 0.387 e. The first-order valence-corrected chi connectivity index (χ1v) is 19.4.